The number of fused-ring (bicyclic) bond motifs is 1. The van der Waals surface area contributed by atoms with Crippen molar-refractivity contribution in [1.82, 2.24) is 5.32 Å². The molecule has 30 heavy (non-hydrogen) atoms. The lowest BCUT2D eigenvalue weighted by Crippen LogP contribution is -2.36. The summed E-state index contributed by atoms with van der Waals surface area (Å²) in [4.78, 5) is 12.5. The van der Waals surface area contributed by atoms with E-state index in [1.807, 2.05) is 30.3 Å². The Labute approximate surface area is 177 Å². The Bertz CT molecular complexity index is 909. The Kier molecular flexibility index (Phi) is 6.59. The summed E-state index contributed by atoms with van der Waals surface area (Å²) in [7, 11) is 4.72. The van der Waals surface area contributed by atoms with E-state index < -0.39 is 0 Å². The number of hydrogen-bond acceptors (Lipinski definition) is 6. The van der Waals surface area contributed by atoms with Gasteiger partial charge in [-0.3, -0.25) is 4.79 Å². The first-order valence-corrected chi connectivity index (χ1v) is 9.84. The lowest BCUT2D eigenvalue weighted by atomic mass is 9.84. The molecule has 1 aliphatic rings. The highest BCUT2D eigenvalue weighted by Crippen LogP contribution is 2.40. The second kappa shape index (κ2) is 9.15. The molecule has 1 heterocycles. The molecule has 0 radical (unpaired) electrons. The molecule has 0 aromatic heterocycles. The van der Waals surface area contributed by atoms with E-state index in [-0.39, 0.29) is 18.1 Å². The lowest BCUT2D eigenvalue weighted by Gasteiger charge is -2.26. The number of benzene rings is 2. The van der Waals surface area contributed by atoms with Gasteiger partial charge in [-0.25, -0.2) is 0 Å². The quantitative estimate of drug-likeness (QED) is 0.676. The topological polar surface area (TPSA) is 75.3 Å². The van der Waals surface area contributed by atoms with Crippen LogP contribution in [0, 0.1) is 0 Å². The molecule has 2 aromatic rings. The van der Waals surface area contributed by atoms with Crippen molar-refractivity contribution in [1.29, 1.82) is 0 Å². The smallest absolute Gasteiger partial charge is 0.231 e. The Morgan fingerprint density at radius 2 is 1.73 bits per heavy atom. The fourth-order valence-electron chi connectivity index (χ4n) is 3.44. The third-order valence-corrected chi connectivity index (χ3v) is 5.29. The third-order valence-electron chi connectivity index (χ3n) is 5.29. The van der Waals surface area contributed by atoms with E-state index in [9.17, 15) is 4.79 Å². The van der Waals surface area contributed by atoms with Gasteiger partial charge in [-0.05, 0) is 35.7 Å². The molecule has 1 aliphatic heterocycles. The second-order valence-corrected chi connectivity index (χ2v) is 7.72. The predicted molar refractivity (Wildman–Crippen MR) is 113 cm³/mol. The van der Waals surface area contributed by atoms with E-state index >= 15 is 0 Å². The van der Waals surface area contributed by atoms with Gasteiger partial charge >= 0.3 is 0 Å². The Hall–Kier alpha value is -3.09. The fourth-order valence-corrected chi connectivity index (χ4v) is 3.44. The van der Waals surface area contributed by atoms with Gasteiger partial charge in [-0.15, -0.1) is 0 Å². The minimum absolute atomic E-state index is 0.0272. The Morgan fingerprint density at radius 1 is 1.00 bits per heavy atom. The molecule has 1 amide bonds. The summed E-state index contributed by atoms with van der Waals surface area (Å²) in [6.45, 7) is 4.93. The van der Waals surface area contributed by atoms with Crippen molar-refractivity contribution in [3.05, 3.63) is 41.5 Å². The van der Waals surface area contributed by atoms with Crippen LogP contribution in [0.5, 0.6) is 28.7 Å². The molecule has 0 atom stereocenters. The largest absolute Gasteiger partial charge is 0.493 e. The maximum absolute atomic E-state index is 12.5. The van der Waals surface area contributed by atoms with E-state index in [1.54, 1.807) is 21.3 Å². The van der Waals surface area contributed by atoms with E-state index in [2.05, 4.69) is 19.2 Å². The van der Waals surface area contributed by atoms with Gasteiger partial charge in [-0.1, -0.05) is 26.0 Å². The van der Waals surface area contributed by atoms with Crippen molar-refractivity contribution >= 4 is 5.91 Å². The van der Waals surface area contributed by atoms with Gasteiger partial charge in [0, 0.05) is 18.4 Å². The fraction of sp³-hybridized carbons (Fsp3) is 0.435. The summed E-state index contributed by atoms with van der Waals surface area (Å²) in [6.07, 6.45) is 0.864. The molecule has 7 heteroatoms. The molecule has 7 nitrogen and oxygen atoms in total. The van der Waals surface area contributed by atoms with E-state index in [0.29, 0.717) is 36.6 Å². The summed E-state index contributed by atoms with van der Waals surface area (Å²) < 4.78 is 27.0. The zero-order valence-corrected chi connectivity index (χ0v) is 18.2. The number of methoxy groups -OCH3 is 3. The van der Waals surface area contributed by atoms with Gasteiger partial charge in [0.05, 0.1) is 21.3 Å². The minimum atomic E-state index is -0.252. The molecular formula is C23H29NO6. The van der Waals surface area contributed by atoms with Crippen LogP contribution < -0.4 is 29.0 Å². The first-order chi connectivity index (χ1) is 14.4. The third kappa shape index (κ3) is 4.56. The monoisotopic (exact) mass is 415 g/mol. The maximum Gasteiger partial charge on any atom is 0.231 e. The Morgan fingerprint density at radius 3 is 2.43 bits per heavy atom. The van der Waals surface area contributed by atoms with Crippen LogP contribution in [-0.2, 0) is 16.6 Å². The predicted octanol–water partition coefficient (Wildman–Crippen LogP) is 3.47. The van der Waals surface area contributed by atoms with Crippen LogP contribution in [0.25, 0.3) is 0 Å². The van der Waals surface area contributed by atoms with Gasteiger partial charge in [0.2, 0.25) is 18.4 Å². The van der Waals surface area contributed by atoms with Crippen LogP contribution in [0.3, 0.4) is 0 Å². The summed E-state index contributed by atoms with van der Waals surface area (Å²) >= 11 is 0. The SMILES string of the molecule is COc1ccc(CCC(=O)NCC(C)(C)c2ccc3c(c2)OCO3)c(OC)c1OC. The number of carbonyl (C=O) groups excluding carboxylic acids is 1. The van der Waals surface area contributed by atoms with Crippen molar-refractivity contribution in [3.8, 4) is 28.7 Å². The standard InChI is InChI=1S/C23H29NO6/c1-23(2,16-8-10-17-19(12-16)30-14-29-17)13-24-20(25)11-7-15-6-9-18(26-3)22(28-5)21(15)27-4/h6,8-10,12H,7,11,13-14H2,1-5H3,(H,24,25). The highest BCUT2D eigenvalue weighted by Gasteiger charge is 2.25. The molecule has 0 saturated heterocycles. The molecule has 162 valence electrons. The first-order valence-electron chi connectivity index (χ1n) is 9.84. The van der Waals surface area contributed by atoms with Crippen molar-refractivity contribution in [2.24, 2.45) is 0 Å². The molecule has 0 aliphatic carbocycles. The number of aryl methyl sites for hydroxylation is 1. The number of ether oxygens (including phenoxy) is 5. The highest BCUT2D eigenvalue weighted by molar-refractivity contribution is 5.76. The molecule has 0 fully saturated rings. The zero-order valence-electron chi connectivity index (χ0n) is 18.2. The van der Waals surface area contributed by atoms with Crippen molar-refractivity contribution in [2.75, 3.05) is 34.7 Å². The summed E-state index contributed by atoms with van der Waals surface area (Å²) in [5.41, 5.74) is 1.71. The molecule has 0 spiro atoms. The van der Waals surface area contributed by atoms with Crippen LogP contribution in [-0.4, -0.2) is 40.6 Å². The molecule has 2 aromatic carbocycles. The minimum Gasteiger partial charge on any atom is -0.493 e. The summed E-state index contributed by atoms with van der Waals surface area (Å²) in [5, 5.41) is 3.04. The second-order valence-electron chi connectivity index (χ2n) is 7.72. The number of nitrogens with one attached hydrogen (secondary N) is 1. The van der Waals surface area contributed by atoms with Gasteiger partial charge in [0.15, 0.2) is 23.0 Å². The van der Waals surface area contributed by atoms with E-state index in [4.69, 9.17) is 23.7 Å². The molecular weight excluding hydrogens is 386 g/mol. The van der Waals surface area contributed by atoms with Crippen LogP contribution in [0.15, 0.2) is 30.3 Å². The number of rotatable bonds is 9. The average Bonchev–Trinajstić information content (AvgIpc) is 3.23. The normalized spacial score (nSPS) is 12.4. The van der Waals surface area contributed by atoms with E-state index in [0.717, 1.165) is 22.6 Å². The number of hydrogen-bond donors (Lipinski definition) is 1. The first kappa shape index (κ1) is 21.6. The number of amides is 1. The molecule has 0 bridgehead atoms. The molecule has 0 saturated carbocycles. The highest BCUT2D eigenvalue weighted by atomic mass is 16.7. The van der Waals surface area contributed by atoms with Crippen LogP contribution in [0.1, 0.15) is 31.4 Å². The van der Waals surface area contributed by atoms with Gasteiger partial charge in [0.25, 0.3) is 0 Å². The summed E-state index contributed by atoms with van der Waals surface area (Å²) in [6, 6.07) is 9.60. The van der Waals surface area contributed by atoms with Crippen molar-refractivity contribution in [3.63, 3.8) is 0 Å². The zero-order chi connectivity index (χ0) is 21.7. The molecule has 1 N–H and O–H groups in total. The molecule has 0 unspecified atom stereocenters. The van der Waals surface area contributed by atoms with E-state index in [1.165, 1.54) is 0 Å². The van der Waals surface area contributed by atoms with Gasteiger partial charge in [0.1, 0.15) is 0 Å². The Balaban J connectivity index is 1.60. The van der Waals surface area contributed by atoms with Crippen molar-refractivity contribution in [2.45, 2.75) is 32.1 Å². The number of carbonyl (C=O) groups is 1. The average molecular weight is 415 g/mol. The van der Waals surface area contributed by atoms with Crippen molar-refractivity contribution < 1.29 is 28.5 Å². The van der Waals surface area contributed by atoms with Gasteiger partial charge in [-0.2, -0.15) is 0 Å². The van der Waals surface area contributed by atoms with Crippen LogP contribution >= 0.6 is 0 Å². The van der Waals surface area contributed by atoms with Gasteiger partial charge < -0.3 is 29.0 Å². The van der Waals surface area contributed by atoms with Crippen LogP contribution in [0.4, 0.5) is 0 Å². The van der Waals surface area contributed by atoms with Crippen LogP contribution in [0.2, 0.25) is 0 Å². The molecule has 3 rings (SSSR count). The maximum atomic E-state index is 12.5. The lowest BCUT2D eigenvalue weighted by molar-refractivity contribution is -0.121. The summed E-state index contributed by atoms with van der Waals surface area (Å²) in [5.74, 6) is 3.18.